The molecule has 1 aliphatic heterocycles. The van der Waals surface area contributed by atoms with Crippen molar-refractivity contribution >= 4 is 17.8 Å². The van der Waals surface area contributed by atoms with Crippen LogP contribution in [-0.4, -0.2) is 59.7 Å². The van der Waals surface area contributed by atoms with Gasteiger partial charge in [0.25, 0.3) is 5.91 Å². The number of benzene rings is 1. The lowest BCUT2D eigenvalue weighted by Crippen LogP contribution is -2.48. The Morgan fingerprint density at radius 2 is 1.93 bits per heavy atom. The monoisotopic (exact) mass is 398 g/mol. The number of rotatable bonds is 6. The van der Waals surface area contributed by atoms with Crippen molar-refractivity contribution in [3.05, 3.63) is 48.8 Å². The van der Waals surface area contributed by atoms with E-state index < -0.39 is 24.1 Å². The molecule has 0 bridgehead atoms. The maximum atomic E-state index is 12.9. The molecule has 2 aromatic rings. The summed E-state index contributed by atoms with van der Waals surface area (Å²) in [6.07, 6.45) is 2.05. The Labute approximate surface area is 170 Å². The number of nitrogens with zero attached hydrogens (tertiary/aromatic N) is 2. The normalized spacial score (nSPS) is 17.4. The molecule has 1 aromatic carbocycles. The largest absolute Gasteiger partial charge is 0.435 e. The fourth-order valence-corrected chi connectivity index (χ4v) is 3.29. The summed E-state index contributed by atoms with van der Waals surface area (Å²) in [6.45, 7) is 4.06. The highest BCUT2D eigenvalue weighted by Crippen LogP contribution is 2.20. The van der Waals surface area contributed by atoms with E-state index in [0.29, 0.717) is 6.42 Å². The molecule has 2 heterocycles. The van der Waals surface area contributed by atoms with E-state index >= 15 is 0 Å². The highest BCUT2D eigenvalue weighted by atomic mass is 16.6. The van der Waals surface area contributed by atoms with E-state index in [1.54, 1.807) is 19.4 Å². The van der Waals surface area contributed by atoms with E-state index in [4.69, 9.17) is 9.47 Å². The van der Waals surface area contributed by atoms with Crippen LogP contribution in [0, 0.1) is 5.92 Å². The van der Waals surface area contributed by atoms with Crippen LogP contribution in [0.3, 0.4) is 0 Å². The second kappa shape index (κ2) is 9.05. The average Bonchev–Trinajstić information content (AvgIpc) is 3.36. The molecule has 29 heavy (non-hydrogen) atoms. The molecule has 1 aliphatic rings. The van der Waals surface area contributed by atoms with Crippen LogP contribution in [0.2, 0.25) is 0 Å². The molecule has 0 radical (unpaired) electrons. The minimum absolute atomic E-state index is 0.00253. The molecule has 154 valence electrons. The van der Waals surface area contributed by atoms with Gasteiger partial charge in [-0.05, 0) is 29.5 Å². The maximum Gasteiger partial charge on any atom is 0.418 e. The highest BCUT2D eigenvalue weighted by molar-refractivity contribution is 5.93. The van der Waals surface area contributed by atoms with E-state index in [-0.39, 0.29) is 24.9 Å². The van der Waals surface area contributed by atoms with Crippen molar-refractivity contribution in [2.45, 2.75) is 32.4 Å². The lowest BCUT2D eigenvalue weighted by atomic mass is 10.0. The highest BCUT2D eigenvalue weighted by Gasteiger charge is 2.36. The first-order valence-corrected chi connectivity index (χ1v) is 9.68. The molecule has 2 atom stereocenters. The summed E-state index contributed by atoms with van der Waals surface area (Å²) >= 11 is 0. The number of amides is 1. The van der Waals surface area contributed by atoms with Crippen molar-refractivity contribution in [2.75, 3.05) is 20.3 Å². The third-order valence-electron chi connectivity index (χ3n) is 4.92. The van der Waals surface area contributed by atoms with Gasteiger partial charge in [-0.15, -0.1) is 0 Å². The van der Waals surface area contributed by atoms with Crippen LogP contribution in [-0.2, 0) is 19.1 Å². The first-order valence-electron chi connectivity index (χ1n) is 9.68. The number of hydrogen-bond acceptors (Lipinski definition) is 5. The smallest absolute Gasteiger partial charge is 0.418 e. The van der Waals surface area contributed by atoms with Gasteiger partial charge in [0.05, 0.1) is 6.61 Å². The third-order valence-corrected chi connectivity index (χ3v) is 4.92. The van der Waals surface area contributed by atoms with Gasteiger partial charge in [-0.3, -0.25) is 14.2 Å². The topological polar surface area (TPSA) is 77.8 Å². The zero-order chi connectivity index (χ0) is 21.0. The average molecular weight is 398 g/mol. The van der Waals surface area contributed by atoms with Crippen molar-refractivity contribution in [3.8, 4) is 11.1 Å². The number of carbonyl (C=O) groups excluding carboxylic acids is 3. The van der Waals surface area contributed by atoms with Crippen molar-refractivity contribution in [1.82, 2.24) is 9.47 Å². The predicted molar refractivity (Wildman–Crippen MR) is 107 cm³/mol. The Hall–Kier alpha value is -2.93. The molecule has 7 nitrogen and oxygen atoms in total. The molecule has 7 heteroatoms. The van der Waals surface area contributed by atoms with Crippen LogP contribution in [0.25, 0.3) is 11.1 Å². The quantitative estimate of drug-likeness (QED) is 0.748. The number of ether oxygens (including phenoxy) is 2. The summed E-state index contributed by atoms with van der Waals surface area (Å²) in [5.74, 6) is -0.412. The summed E-state index contributed by atoms with van der Waals surface area (Å²) in [7, 11) is 1.55. The summed E-state index contributed by atoms with van der Waals surface area (Å²) in [4.78, 5) is 38.9. The molecule has 1 aromatic heterocycles. The van der Waals surface area contributed by atoms with Crippen molar-refractivity contribution in [1.29, 1.82) is 0 Å². The Bertz CT molecular complexity index is 874. The van der Waals surface area contributed by atoms with E-state index in [9.17, 15) is 14.4 Å². The lowest BCUT2D eigenvalue weighted by molar-refractivity contribution is -0.144. The summed E-state index contributed by atoms with van der Waals surface area (Å²) in [5, 5.41) is 0. The van der Waals surface area contributed by atoms with Gasteiger partial charge in [0.2, 0.25) is 0 Å². The van der Waals surface area contributed by atoms with Crippen LogP contribution < -0.4 is 0 Å². The number of carbonyl (C=O) groups is 3. The molecular formula is C22H26N2O5. The van der Waals surface area contributed by atoms with Gasteiger partial charge in [-0.1, -0.05) is 44.2 Å². The number of likely N-dealkylation sites (N-methyl/N-ethyl adjacent to an activating group) is 1. The van der Waals surface area contributed by atoms with Gasteiger partial charge in [0.15, 0.2) is 11.9 Å². The van der Waals surface area contributed by atoms with Crippen LogP contribution >= 0.6 is 0 Å². The molecular weight excluding hydrogens is 372 g/mol. The standard InChI is InChI=1S/C22H26N2O5/c1-15(2)11-20(21(26)23(3)18-13-28-14-19(18)25)29-22(27)24-10-9-17(12-24)16-7-5-4-6-8-16/h4-10,12,15,18,20H,11,13-14H2,1-3H3. The second-order valence-corrected chi connectivity index (χ2v) is 7.62. The molecule has 3 rings (SSSR count). The van der Waals surface area contributed by atoms with Gasteiger partial charge < -0.3 is 14.4 Å². The van der Waals surface area contributed by atoms with Gasteiger partial charge in [0.1, 0.15) is 12.6 Å². The fourth-order valence-electron chi connectivity index (χ4n) is 3.29. The van der Waals surface area contributed by atoms with Crippen molar-refractivity contribution < 1.29 is 23.9 Å². The molecule has 2 unspecified atom stereocenters. The number of aromatic nitrogens is 1. The second-order valence-electron chi connectivity index (χ2n) is 7.62. The van der Waals surface area contributed by atoms with E-state index in [2.05, 4.69) is 0 Å². The van der Waals surface area contributed by atoms with Crippen LogP contribution in [0.15, 0.2) is 48.8 Å². The molecule has 0 N–H and O–H groups in total. The minimum Gasteiger partial charge on any atom is -0.435 e. The van der Waals surface area contributed by atoms with Crippen LogP contribution in [0.1, 0.15) is 20.3 Å². The number of hydrogen-bond donors (Lipinski definition) is 0. The van der Waals surface area contributed by atoms with E-state index in [1.165, 1.54) is 9.47 Å². The Balaban J connectivity index is 1.72. The molecule has 0 aliphatic carbocycles. The van der Waals surface area contributed by atoms with Crippen LogP contribution in [0.5, 0.6) is 0 Å². The molecule has 0 saturated carbocycles. The molecule has 0 spiro atoms. The first kappa shape index (κ1) is 20.8. The number of Topliss-reactive ketones (excluding diaryl/α,β-unsaturated/α-hetero) is 1. The van der Waals surface area contributed by atoms with Crippen molar-refractivity contribution in [2.24, 2.45) is 5.92 Å². The summed E-state index contributed by atoms with van der Waals surface area (Å²) < 4.78 is 12.0. The van der Waals surface area contributed by atoms with Crippen LogP contribution in [0.4, 0.5) is 4.79 Å². The van der Waals surface area contributed by atoms with E-state index in [0.717, 1.165) is 11.1 Å². The minimum atomic E-state index is -0.969. The zero-order valence-corrected chi connectivity index (χ0v) is 16.9. The molecule has 1 amide bonds. The summed E-state index contributed by atoms with van der Waals surface area (Å²) in [5.41, 5.74) is 1.86. The Morgan fingerprint density at radius 3 is 2.55 bits per heavy atom. The predicted octanol–water partition coefficient (Wildman–Crippen LogP) is 2.98. The SMILES string of the molecule is CC(C)CC(OC(=O)n1ccc(-c2ccccc2)c1)C(=O)N(C)C1COCC1=O. The van der Waals surface area contributed by atoms with Gasteiger partial charge in [0, 0.05) is 19.4 Å². The van der Waals surface area contributed by atoms with Gasteiger partial charge >= 0.3 is 6.09 Å². The lowest BCUT2D eigenvalue weighted by Gasteiger charge is -2.27. The third kappa shape index (κ3) is 4.92. The Kier molecular flexibility index (Phi) is 6.49. The molecule has 1 saturated heterocycles. The zero-order valence-electron chi connectivity index (χ0n) is 16.9. The first-order chi connectivity index (χ1) is 13.9. The maximum absolute atomic E-state index is 12.9. The van der Waals surface area contributed by atoms with Crippen molar-refractivity contribution in [3.63, 3.8) is 0 Å². The van der Waals surface area contributed by atoms with Gasteiger partial charge in [-0.25, -0.2) is 4.79 Å². The number of ketones is 1. The van der Waals surface area contributed by atoms with E-state index in [1.807, 2.05) is 50.2 Å². The van der Waals surface area contributed by atoms with Gasteiger partial charge in [-0.2, -0.15) is 0 Å². The fraction of sp³-hybridized carbons (Fsp3) is 0.409. The Morgan fingerprint density at radius 1 is 1.21 bits per heavy atom. The molecule has 1 fully saturated rings. The summed E-state index contributed by atoms with van der Waals surface area (Å²) in [6, 6.07) is 10.9.